The van der Waals surface area contributed by atoms with Crippen molar-refractivity contribution < 1.29 is 9.66 Å². The second-order valence-corrected chi connectivity index (χ2v) is 6.94. The van der Waals surface area contributed by atoms with Crippen LogP contribution in [0.25, 0.3) is 0 Å². The molecule has 0 unspecified atom stereocenters. The maximum absolute atomic E-state index is 11.5. The van der Waals surface area contributed by atoms with E-state index >= 15 is 0 Å². The summed E-state index contributed by atoms with van der Waals surface area (Å²) < 4.78 is 5.14. The first-order valence-corrected chi connectivity index (χ1v) is 9.15. The lowest BCUT2D eigenvalue weighted by Gasteiger charge is -2.25. The van der Waals surface area contributed by atoms with E-state index in [0.717, 1.165) is 16.8 Å². The number of anilines is 1. The normalized spacial score (nSPS) is 10.5. The van der Waals surface area contributed by atoms with Crippen LogP contribution in [0.1, 0.15) is 22.3 Å². The van der Waals surface area contributed by atoms with Gasteiger partial charge in [-0.3, -0.25) is 10.1 Å². The van der Waals surface area contributed by atoms with Crippen molar-refractivity contribution in [1.82, 2.24) is 0 Å². The van der Waals surface area contributed by atoms with Gasteiger partial charge in [0, 0.05) is 24.8 Å². The van der Waals surface area contributed by atoms with Gasteiger partial charge < -0.3 is 9.64 Å². The van der Waals surface area contributed by atoms with Gasteiger partial charge in [0.15, 0.2) is 5.75 Å². The van der Waals surface area contributed by atoms with Gasteiger partial charge in [0.1, 0.15) is 0 Å². The van der Waals surface area contributed by atoms with Crippen LogP contribution in [0.3, 0.4) is 0 Å². The molecule has 0 fully saturated rings. The Kier molecular flexibility index (Phi) is 5.94. The zero-order chi connectivity index (χ0) is 20.1. The molecule has 3 aromatic rings. The predicted octanol–water partition coefficient (Wildman–Crippen LogP) is 5.43. The van der Waals surface area contributed by atoms with Crippen LogP contribution in [0.5, 0.6) is 5.75 Å². The molecular formula is C23H24N2O3. The van der Waals surface area contributed by atoms with Crippen LogP contribution in [-0.2, 0) is 13.1 Å². The third kappa shape index (κ3) is 4.68. The molecule has 3 rings (SSSR count). The van der Waals surface area contributed by atoms with Gasteiger partial charge in [-0.2, -0.15) is 0 Å². The van der Waals surface area contributed by atoms with E-state index in [9.17, 15) is 10.1 Å². The molecule has 0 aromatic heterocycles. The van der Waals surface area contributed by atoms with E-state index in [0.29, 0.717) is 13.1 Å². The molecule has 0 aliphatic carbocycles. The molecule has 5 heteroatoms. The van der Waals surface area contributed by atoms with Gasteiger partial charge in [0.05, 0.1) is 12.0 Å². The smallest absolute Gasteiger partial charge is 0.312 e. The first kappa shape index (κ1) is 19.4. The average Bonchev–Trinajstić information content (AvgIpc) is 2.70. The van der Waals surface area contributed by atoms with E-state index in [1.165, 1.54) is 18.2 Å². The Morgan fingerprint density at radius 1 is 0.857 bits per heavy atom. The molecule has 5 nitrogen and oxygen atoms in total. The summed E-state index contributed by atoms with van der Waals surface area (Å²) >= 11 is 0. The number of hydrogen-bond acceptors (Lipinski definition) is 4. The Morgan fingerprint density at radius 2 is 1.36 bits per heavy atom. The molecule has 0 radical (unpaired) electrons. The van der Waals surface area contributed by atoms with Crippen molar-refractivity contribution in [2.24, 2.45) is 0 Å². The number of hydrogen-bond donors (Lipinski definition) is 0. The van der Waals surface area contributed by atoms with E-state index in [2.05, 4.69) is 67.3 Å². The molecule has 0 aliphatic rings. The monoisotopic (exact) mass is 376 g/mol. The standard InChI is InChI=1S/C23H24N2O3/c1-17-4-8-19(9-5-17)15-24(16-20-10-6-18(2)7-11-20)21-12-13-23(28-3)22(14-21)25(26)27/h4-14H,15-16H2,1-3H3. The number of benzene rings is 3. The SMILES string of the molecule is COc1ccc(N(Cc2ccc(C)cc2)Cc2ccc(C)cc2)cc1[N+](=O)[O-]. The van der Waals surface area contributed by atoms with E-state index in [4.69, 9.17) is 4.74 Å². The summed E-state index contributed by atoms with van der Waals surface area (Å²) in [4.78, 5) is 13.2. The fourth-order valence-electron chi connectivity index (χ4n) is 3.08. The molecule has 0 heterocycles. The lowest BCUT2D eigenvalue weighted by Crippen LogP contribution is -2.22. The number of aryl methyl sites for hydroxylation is 2. The lowest BCUT2D eigenvalue weighted by molar-refractivity contribution is -0.385. The highest BCUT2D eigenvalue weighted by Crippen LogP contribution is 2.32. The van der Waals surface area contributed by atoms with Crippen molar-refractivity contribution in [2.75, 3.05) is 12.0 Å². The summed E-state index contributed by atoms with van der Waals surface area (Å²) in [5, 5.41) is 11.5. The topological polar surface area (TPSA) is 55.6 Å². The molecule has 28 heavy (non-hydrogen) atoms. The number of methoxy groups -OCH3 is 1. The second kappa shape index (κ2) is 8.57. The van der Waals surface area contributed by atoms with Crippen LogP contribution >= 0.6 is 0 Å². The van der Waals surface area contributed by atoms with Crippen molar-refractivity contribution in [3.63, 3.8) is 0 Å². The highest BCUT2D eigenvalue weighted by Gasteiger charge is 2.18. The maximum Gasteiger partial charge on any atom is 0.312 e. The molecule has 0 aliphatic heterocycles. The fraction of sp³-hybridized carbons (Fsp3) is 0.217. The molecule has 144 valence electrons. The lowest BCUT2D eigenvalue weighted by atomic mass is 10.1. The molecule has 0 bridgehead atoms. The molecule has 0 saturated heterocycles. The number of rotatable bonds is 7. The maximum atomic E-state index is 11.5. The molecule has 0 N–H and O–H groups in total. The minimum atomic E-state index is -0.404. The first-order chi connectivity index (χ1) is 13.5. The number of nitro benzene ring substituents is 1. The van der Waals surface area contributed by atoms with E-state index in [1.807, 2.05) is 6.07 Å². The van der Waals surface area contributed by atoms with Gasteiger partial charge in [-0.15, -0.1) is 0 Å². The summed E-state index contributed by atoms with van der Waals surface area (Å²) in [6, 6.07) is 21.8. The van der Waals surface area contributed by atoms with Crippen molar-refractivity contribution in [3.05, 3.63) is 99.1 Å². The minimum absolute atomic E-state index is 0.0298. The second-order valence-electron chi connectivity index (χ2n) is 6.94. The minimum Gasteiger partial charge on any atom is -0.490 e. The Balaban J connectivity index is 1.97. The van der Waals surface area contributed by atoms with Gasteiger partial charge in [-0.1, -0.05) is 59.7 Å². The Hall–Kier alpha value is -3.34. The van der Waals surface area contributed by atoms with Gasteiger partial charge in [-0.25, -0.2) is 0 Å². The van der Waals surface area contributed by atoms with Crippen molar-refractivity contribution in [2.45, 2.75) is 26.9 Å². The highest BCUT2D eigenvalue weighted by molar-refractivity contribution is 5.60. The molecule has 3 aromatic carbocycles. The van der Waals surface area contributed by atoms with E-state index in [1.54, 1.807) is 12.1 Å². The Morgan fingerprint density at radius 3 is 1.79 bits per heavy atom. The predicted molar refractivity (Wildman–Crippen MR) is 112 cm³/mol. The summed E-state index contributed by atoms with van der Waals surface area (Å²) in [6.07, 6.45) is 0. The van der Waals surface area contributed by atoms with Crippen molar-refractivity contribution in [1.29, 1.82) is 0 Å². The zero-order valence-corrected chi connectivity index (χ0v) is 16.4. The van der Waals surface area contributed by atoms with Crippen molar-refractivity contribution >= 4 is 11.4 Å². The van der Waals surface area contributed by atoms with Gasteiger partial charge in [-0.05, 0) is 37.1 Å². The Labute approximate surface area is 165 Å². The quantitative estimate of drug-likeness (QED) is 0.408. The van der Waals surface area contributed by atoms with Crippen LogP contribution in [0.2, 0.25) is 0 Å². The van der Waals surface area contributed by atoms with E-state index < -0.39 is 4.92 Å². The molecule has 0 atom stereocenters. The molecule has 0 saturated carbocycles. The fourth-order valence-corrected chi connectivity index (χ4v) is 3.08. The van der Waals surface area contributed by atoms with Gasteiger partial charge in [0.25, 0.3) is 0 Å². The molecule has 0 amide bonds. The highest BCUT2D eigenvalue weighted by atomic mass is 16.6. The van der Waals surface area contributed by atoms with Crippen LogP contribution < -0.4 is 9.64 Å². The number of ether oxygens (including phenoxy) is 1. The third-order valence-corrected chi connectivity index (χ3v) is 4.71. The van der Waals surface area contributed by atoms with Gasteiger partial charge >= 0.3 is 5.69 Å². The van der Waals surface area contributed by atoms with Crippen LogP contribution in [0.15, 0.2) is 66.7 Å². The van der Waals surface area contributed by atoms with Crippen molar-refractivity contribution in [3.8, 4) is 5.75 Å². The first-order valence-electron chi connectivity index (χ1n) is 9.15. The van der Waals surface area contributed by atoms with Gasteiger partial charge in [0.2, 0.25) is 0 Å². The van der Waals surface area contributed by atoms with Crippen LogP contribution in [0, 0.1) is 24.0 Å². The summed E-state index contributed by atoms with van der Waals surface area (Å²) in [5.41, 5.74) is 5.46. The third-order valence-electron chi connectivity index (χ3n) is 4.71. The molecular weight excluding hydrogens is 352 g/mol. The Bertz CT molecular complexity index is 903. The average molecular weight is 376 g/mol. The van der Waals surface area contributed by atoms with Crippen LogP contribution in [-0.4, -0.2) is 12.0 Å². The summed E-state index contributed by atoms with van der Waals surface area (Å²) in [5.74, 6) is 0.263. The zero-order valence-electron chi connectivity index (χ0n) is 16.4. The number of nitro groups is 1. The summed E-state index contributed by atoms with van der Waals surface area (Å²) in [6.45, 7) is 5.41. The van der Waals surface area contributed by atoms with E-state index in [-0.39, 0.29) is 11.4 Å². The molecule has 0 spiro atoms. The summed E-state index contributed by atoms with van der Waals surface area (Å²) in [7, 11) is 1.44. The van der Waals surface area contributed by atoms with Crippen LogP contribution in [0.4, 0.5) is 11.4 Å². The largest absolute Gasteiger partial charge is 0.490 e. The number of nitrogens with zero attached hydrogens (tertiary/aromatic N) is 2.